The van der Waals surface area contributed by atoms with Crippen molar-refractivity contribution >= 4 is 10.9 Å². The van der Waals surface area contributed by atoms with Crippen LogP contribution in [-0.2, 0) is 0 Å². The predicted octanol–water partition coefficient (Wildman–Crippen LogP) is 1.66. The van der Waals surface area contributed by atoms with Gasteiger partial charge in [0, 0.05) is 17.6 Å². The molecule has 0 saturated carbocycles. The van der Waals surface area contributed by atoms with Gasteiger partial charge in [0.2, 0.25) is 0 Å². The minimum atomic E-state index is -0.152. The lowest BCUT2D eigenvalue weighted by Gasteiger charge is -2.06. The van der Waals surface area contributed by atoms with Crippen LogP contribution in [0.15, 0.2) is 24.4 Å². The third kappa shape index (κ3) is 1.89. The summed E-state index contributed by atoms with van der Waals surface area (Å²) in [6.07, 6.45) is 1.78. The summed E-state index contributed by atoms with van der Waals surface area (Å²) < 4.78 is 5.13. The van der Waals surface area contributed by atoms with Crippen LogP contribution in [0.3, 0.4) is 0 Å². The summed E-state index contributed by atoms with van der Waals surface area (Å²) in [6.45, 7) is 1.86. The molecular weight excluding hydrogens is 190 g/mol. The lowest BCUT2D eigenvalue weighted by atomic mass is 10.2. The zero-order valence-electron chi connectivity index (χ0n) is 8.77. The van der Waals surface area contributed by atoms with Gasteiger partial charge in [0.25, 0.3) is 0 Å². The molecule has 0 aliphatic rings. The summed E-state index contributed by atoms with van der Waals surface area (Å²) in [6, 6.07) is 5.54. The molecule has 78 valence electrons. The molecule has 4 nitrogen and oxygen atoms in total. The predicted molar refractivity (Wildman–Crippen MR) is 58.7 cm³/mol. The highest BCUT2D eigenvalue weighted by molar-refractivity contribution is 5.79. The van der Waals surface area contributed by atoms with E-state index in [0.717, 1.165) is 16.7 Å². The molecule has 15 heavy (non-hydrogen) atoms. The second-order valence-corrected chi connectivity index (χ2v) is 3.44. The first-order valence-corrected chi connectivity index (χ1v) is 4.77. The normalized spacial score (nSPS) is 12.7. The van der Waals surface area contributed by atoms with Crippen molar-refractivity contribution in [2.45, 2.75) is 13.0 Å². The van der Waals surface area contributed by atoms with Crippen molar-refractivity contribution in [2.24, 2.45) is 5.73 Å². The molecule has 0 aliphatic carbocycles. The van der Waals surface area contributed by atoms with Crippen molar-refractivity contribution in [1.29, 1.82) is 0 Å². The van der Waals surface area contributed by atoms with Crippen LogP contribution in [0.1, 0.15) is 18.8 Å². The summed E-state index contributed by atoms with van der Waals surface area (Å²) in [5, 5.41) is 0.986. The largest absolute Gasteiger partial charge is 0.497 e. The van der Waals surface area contributed by atoms with Crippen molar-refractivity contribution in [3.8, 4) is 5.75 Å². The first kappa shape index (κ1) is 9.86. The van der Waals surface area contributed by atoms with Crippen molar-refractivity contribution < 1.29 is 4.74 Å². The highest BCUT2D eigenvalue weighted by Crippen LogP contribution is 2.19. The Labute approximate surface area is 88.1 Å². The molecule has 0 bridgehead atoms. The third-order valence-corrected chi connectivity index (χ3v) is 2.22. The van der Waals surface area contributed by atoms with Crippen molar-refractivity contribution in [3.63, 3.8) is 0 Å². The summed E-state index contributed by atoms with van der Waals surface area (Å²) in [5.41, 5.74) is 6.58. The molecule has 0 spiro atoms. The molecule has 4 heteroatoms. The van der Waals surface area contributed by atoms with E-state index in [-0.39, 0.29) is 6.04 Å². The molecule has 1 aromatic carbocycles. The maximum absolute atomic E-state index is 5.72. The average molecular weight is 203 g/mol. The number of hydrogen-bond donors (Lipinski definition) is 1. The number of aromatic nitrogens is 2. The van der Waals surface area contributed by atoms with E-state index in [1.165, 1.54) is 0 Å². The van der Waals surface area contributed by atoms with Gasteiger partial charge >= 0.3 is 0 Å². The van der Waals surface area contributed by atoms with Crippen LogP contribution in [0.25, 0.3) is 10.9 Å². The number of methoxy groups -OCH3 is 1. The fourth-order valence-electron chi connectivity index (χ4n) is 1.36. The van der Waals surface area contributed by atoms with Gasteiger partial charge < -0.3 is 10.5 Å². The number of nitrogens with zero attached hydrogens (tertiary/aromatic N) is 2. The van der Waals surface area contributed by atoms with Gasteiger partial charge in [-0.25, -0.2) is 9.97 Å². The maximum atomic E-state index is 5.72. The van der Waals surface area contributed by atoms with E-state index in [0.29, 0.717) is 5.82 Å². The van der Waals surface area contributed by atoms with Gasteiger partial charge in [-0.15, -0.1) is 0 Å². The Morgan fingerprint density at radius 3 is 2.87 bits per heavy atom. The van der Waals surface area contributed by atoms with Crippen LogP contribution >= 0.6 is 0 Å². The van der Waals surface area contributed by atoms with Crippen molar-refractivity contribution in [3.05, 3.63) is 30.2 Å². The summed E-state index contributed by atoms with van der Waals surface area (Å²) in [4.78, 5) is 8.55. The Morgan fingerprint density at radius 1 is 1.40 bits per heavy atom. The monoisotopic (exact) mass is 203 g/mol. The molecule has 2 rings (SSSR count). The molecule has 1 aromatic heterocycles. The lowest BCUT2D eigenvalue weighted by Crippen LogP contribution is -2.09. The quantitative estimate of drug-likeness (QED) is 0.806. The van der Waals surface area contributed by atoms with Gasteiger partial charge in [0.1, 0.15) is 11.6 Å². The maximum Gasteiger partial charge on any atom is 0.145 e. The topological polar surface area (TPSA) is 61.0 Å². The second-order valence-electron chi connectivity index (χ2n) is 3.44. The van der Waals surface area contributed by atoms with Crippen LogP contribution < -0.4 is 10.5 Å². The molecule has 0 fully saturated rings. The zero-order valence-corrected chi connectivity index (χ0v) is 8.77. The number of benzene rings is 1. The molecule has 2 aromatic rings. The summed E-state index contributed by atoms with van der Waals surface area (Å²) >= 11 is 0. The molecule has 2 N–H and O–H groups in total. The van der Waals surface area contributed by atoms with E-state index < -0.39 is 0 Å². The van der Waals surface area contributed by atoms with Crippen molar-refractivity contribution in [2.75, 3.05) is 7.11 Å². The Morgan fingerprint density at radius 2 is 2.20 bits per heavy atom. The molecule has 0 saturated heterocycles. The minimum Gasteiger partial charge on any atom is -0.497 e. The molecule has 0 amide bonds. The summed E-state index contributed by atoms with van der Waals surface area (Å²) in [7, 11) is 1.63. The highest BCUT2D eigenvalue weighted by Gasteiger charge is 2.04. The Kier molecular flexibility index (Phi) is 2.51. The molecule has 1 unspecified atom stereocenters. The van der Waals surface area contributed by atoms with E-state index >= 15 is 0 Å². The second kappa shape index (κ2) is 3.82. The minimum absolute atomic E-state index is 0.152. The van der Waals surface area contributed by atoms with Crippen molar-refractivity contribution in [1.82, 2.24) is 9.97 Å². The smallest absolute Gasteiger partial charge is 0.145 e. The lowest BCUT2D eigenvalue weighted by molar-refractivity contribution is 0.415. The molecule has 0 radical (unpaired) electrons. The Bertz CT molecular complexity index is 482. The van der Waals surface area contributed by atoms with Gasteiger partial charge in [-0.2, -0.15) is 0 Å². The van der Waals surface area contributed by atoms with Gasteiger partial charge in [0.05, 0.1) is 18.7 Å². The van der Waals surface area contributed by atoms with Gasteiger partial charge in [-0.1, -0.05) is 0 Å². The van der Waals surface area contributed by atoms with E-state index in [9.17, 15) is 0 Å². The molecular formula is C11H13N3O. The first-order chi connectivity index (χ1) is 7.20. The molecule has 1 heterocycles. The SMILES string of the molecule is COc1ccc2cnc(C(C)N)nc2c1. The zero-order chi connectivity index (χ0) is 10.8. The fraction of sp³-hybridized carbons (Fsp3) is 0.273. The highest BCUT2D eigenvalue weighted by atomic mass is 16.5. The van der Waals surface area contributed by atoms with E-state index in [4.69, 9.17) is 10.5 Å². The van der Waals surface area contributed by atoms with Crippen LogP contribution in [0, 0.1) is 0 Å². The van der Waals surface area contributed by atoms with Gasteiger partial charge in [-0.05, 0) is 19.1 Å². The van der Waals surface area contributed by atoms with Crippen LogP contribution in [-0.4, -0.2) is 17.1 Å². The number of fused-ring (bicyclic) bond motifs is 1. The van der Waals surface area contributed by atoms with Crippen LogP contribution in [0.2, 0.25) is 0 Å². The number of hydrogen-bond acceptors (Lipinski definition) is 4. The Hall–Kier alpha value is -1.68. The molecule has 1 atom stereocenters. The summed E-state index contributed by atoms with van der Waals surface area (Å²) in [5.74, 6) is 1.44. The third-order valence-electron chi connectivity index (χ3n) is 2.22. The fourth-order valence-corrected chi connectivity index (χ4v) is 1.36. The number of nitrogens with two attached hydrogens (primary N) is 1. The van der Waals surface area contributed by atoms with Gasteiger partial charge in [-0.3, -0.25) is 0 Å². The Balaban J connectivity index is 2.57. The standard InChI is InChI=1S/C11H13N3O/c1-7(12)11-13-6-8-3-4-9(15-2)5-10(8)14-11/h3-7H,12H2,1-2H3. The number of ether oxygens (including phenoxy) is 1. The van der Waals surface area contributed by atoms with Gasteiger partial charge in [0.15, 0.2) is 0 Å². The van der Waals surface area contributed by atoms with E-state index in [1.807, 2.05) is 25.1 Å². The first-order valence-electron chi connectivity index (χ1n) is 4.77. The van der Waals surface area contributed by atoms with Crippen LogP contribution in [0.4, 0.5) is 0 Å². The van der Waals surface area contributed by atoms with E-state index in [2.05, 4.69) is 9.97 Å². The average Bonchev–Trinajstić information content (AvgIpc) is 2.27. The van der Waals surface area contributed by atoms with Crippen LogP contribution in [0.5, 0.6) is 5.75 Å². The number of rotatable bonds is 2. The van der Waals surface area contributed by atoms with E-state index in [1.54, 1.807) is 13.3 Å². The molecule has 0 aliphatic heterocycles.